The number of benzene rings is 3. The van der Waals surface area contributed by atoms with Crippen LogP contribution < -0.4 is 15.0 Å². The lowest BCUT2D eigenvalue weighted by Crippen LogP contribution is -2.29. The van der Waals surface area contributed by atoms with Crippen molar-refractivity contribution in [2.75, 3.05) is 4.90 Å². The molecule has 0 bridgehead atoms. The predicted octanol–water partition coefficient (Wildman–Crippen LogP) is 7.32. The van der Waals surface area contributed by atoms with Crippen molar-refractivity contribution >= 4 is 29.0 Å². The lowest BCUT2D eigenvalue weighted by molar-refractivity contribution is 0.0697. The molecule has 1 fully saturated rings. The van der Waals surface area contributed by atoms with Crippen LogP contribution in [0.4, 0.5) is 5.69 Å². The van der Waals surface area contributed by atoms with E-state index < -0.39 is 5.97 Å². The molecule has 6 rings (SSSR count). The molecule has 7 nitrogen and oxygen atoms in total. The molecule has 0 radical (unpaired) electrons. The summed E-state index contributed by atoms with van der Waals surface area (Å²) in [6, 6.07) is 31.1. The maximum absolute atomic E-state index is 11.8. The van der Waals surface area contributed by atoms with Crippen molar-refractivity contribution in [3.8, 4) is 22.8 Å². The van der Waals surface area contributed by atoms with E-state index in [1.165, 1.54) is 5.56 Å². The van der Waals surface area contributed by atoms with Gasteiger partial charge in [-0.1, -0.05) is 42.0 Å². The Morgan fingerprint density at radius 3 is 2.33 bits per heavy atom. The molecule has 198 valence electrons. The number of carboxylic acids is 1. The Morgan fingerprint density at radius 2 is 1.62 bits per heavy atom. The minimum absolute atomic E-state index is 0.172. The summed E-state index contributed by atoms with van der Waals surface area (Å²) < 4.78 is 12.4. The molecule has 2 N–H and O–H groups in total. The Bertz CT molecular complexity index is 1670. The number of ether oxygens (including phenoxy) is 1. The fraction of sp³-hybridized carbons (Fsp3) is 0.0938. The van der Waals surface area contributed by atoms with E-state index in [0.29, 0.717) is 27.9 Å². The number of aryl methyl sites for hydroxylation is 1. The monoisotopic (exact) mass is 547 g/mol. The second-order valence-electron chi connectivity index (χ2n) is 9.46. The van der Waals surface area contributed by atoms with Crippen molar-refractivity contribution in [2.45, 2.75) is 19.0 Å². The van der Waals surface area contributed by atoms with Gasteiger partial charge in [0.05, 0.1) is 17.3 Å². The van der Waals surface area contributed by atoms with Gasteiger partial charge < -0.3 is 24.5 Å². The molecule has 0 aliphatic carbocycles. The molecule has 40 heavy (non-hydrogen) atoms. The third-order valence-electron chi connectivity index (χ3n) is 6.81. The summed E-state index contributed by atoms with van der Waals surface area (Å²) >= 11 is 5.82. The molecule has 0 unspecified atom stereocenters. The van der Waals surface area contributed by atoms with Crippen LogP contribution in [0.2, 0.25) is 0 Å². The zero-order valence-electron chi connectivity index (χ0n) is 21.5. The number of anilines is 1. The van der Waals surface area contributed by atoms with E-state index in [1.54, 1.807) is 36.5 Å². The molecular formula is C32H25N3O4S. The number of aromatic carboxylic acids is 1. The Morgan fingerprint density at radius 1 is 0.925 bits per heavy atom. The van der Waals surface area contributed by atoms with Crippen molar-refractivity contribution in [1.29, 1.82) is 0 Å². The Kier molecular flexibility index (Phi) is 6.76. The minimum atomic E-state index is -1.02. The van der Waals surface area contributed by atoms with Gasteiger partial charge in [-0.2, -0.15) is 0 Å². The van der Waals surface area contributed by atoms with Crippen molar-refractivity contribution < 1.29 is 19.1 Å². The van der Waals surface area contributed by atoms with Crippen LogP contribution in [0.5, 0.6) is 11.5 Å². The Balaban J connectivity index is 1.36. The summed E-state index contributed by atoms with van der Waals surface area (Å²) in [7, 11) is 0. The lowest BCUT2D eigenvalue weighted by atomic mass is 10.0. The van der Waals surface area contributed by atoms with Gasteiger partial charge in [0, 0.05) is 17.4 Å². The number of hydrogen-bond donors (Lipinski definition) is 2. The number of nitrogens with one attached hydrogen (secondary N) is 1. The fourth-order valence-corrected chi connectivity index (χ4v) is 5.23. The first kappa shape index (κ1) is 25.3. The molecule has 1 aliphatic rings. The van der Waals surface area contributed by atoms with Crippen LogP contribution in [0.25, 0.3) is 11.3 Å². The van der Waals surface area contributed by atoms with Gasteiger partial charge in [0.2, 0.25) is 0 Å². The highest BCUT2D eigenvalue weighted by Crippen LogP contribution is 2.43. The third-order valence-corrected chi connectivity index (χ3v) is 7.13. The zero-order chi connectivity index (χ0) is 27.6. The summed E-state index contributed by atoms with van der Waals surface area (Å²) in [6.07, 6.45) is 1.74. The number of hydrogen-bond acceptors (Lipinski definition) is 5. The topological polar surface area (TPSA) is 87.8 Å². The van der Waals surface area contributed by atoms with Crippen molar-refractivity contribution in [1.82, 2.24) is 10.3 Å². The highest BCUT2D eigenvalue weighted by Gasteiger charge is 2.42. The number of rotatable bonds is 7. The SMILES string of the molecule is Cc1ccc(Oc2ccc(N3C(=S)N[C@H](c4ccccn4)[C@@H]3c3ccc(-c4ccccc4C(=O)O)o3)cc2)cc1. The van der Waals surface area contributed by atoms with E-state index in [0.717, 1.165) is 17.1 Å². The molecule has 2 aromatic heterocycles. The molecule has 0 amide bonds. The first-order chi connectivity index (χ1) is 19.5. The second-order valence-corrected chi connectivity index (χ2v) is 9.85. The molecule has 2 atom stereocenters. The summed E-state index contributed by atoms with van der Waals surface area (Å²) in [6.45, 7) is 2.03. The average Bonchev–Trinajstić information content (AvgIpc) is 3.60. The van der Waals surface area contributed by atoms with Gasteiger partial charge in [-0.3, -0.25) is 4.98 Å². The summed E-state index contributed by atoms with van der Waals surface area (Å²) in [4.78, 5) is 18.4. The van der Waals surface area contributed by atoms with Gasteiger partial charge in [-0.15, -0.1) is 0 Å². The molecule has 1 aliphatic heterocycles. The lowest BCUT2D eigenvalue weighted by Gasteiger charge is -2.26. The summed E-state index contributed by atoms with van der Waals surface area (Å²) in [5.74, 6) is 1.53. The average molecular weight is 548 g/mol. The van der Waals surface area contributed by atoms with Gasteiger partial charge in [-0.25, -0.2) is 4.79 Å². The smallest absolute Gasteiger partial charge is 0.336 e. The summed E-state index contributed by atoms with van der Waals surface area (Å²) in [5.41, 5.74) is 3.50. The number of carboxylic acid groups (broad SMARTS) is 1. The van der Waals surface area contributed by atoms with Crippen LogP contribution in [0.1, 0.15) is 39.5 Å². The Labute approximate surface area is 236 Å². The van der Waals surface area contributed by atoms with Crippen LogP contribution in [0.3, 0.4) is 0 Å². The number of aromatic nitrogens is 1. The van der Waals surface area contributed by atoms with Crippen LogP contribution in [-0.4, -0.2) is 21.2 Å². The molecule has 0 spiro atoms. The first-order valence-corrected chi connectivity index (χ1v) is 13.2. The largest absolute Gasteiger partial charge is 0.478 e. The Hall–Kier alpha value is -4.95. The zero-order valence-corrected chi connectivity index (χ0v) is 22.3. The second kappa shape index (κ2) is 10.7. The van der Waals surface area contributed by atoms with Gasteiger partial charge in [0.15, 0.2) is 5.11 Å². The fourth-order valence-electron chi connectivity index (χ4n) is 4.88. The number of pyridine rings is 1. The highest BCUT2D eigenvalue weighted by molar-refractivity contribution is 7.80. The van der Waals surface area contributed by atoms with E-state index in [1.807, 2.05) is 84.6 Å². The van der Waals surface area contributed by atoms with Crippen LogP contribution in [0.15, 0.2) is 114 Å². The number of thiocarbonyl (C=S) groups is 1. The van der Waals surface area contributed by atoms with E-state index in [2.05, 4.69) is 10.3 Å². The predicted molar refractivity (Wildman–Crippen MR) is 157 cm³/mol. The summed E-state index contributed by atoms with van der Waals surface area (Å²) in [5, 5.41) is 13.6. The molecule has 8 heteroatoms. The van der Waals surface area contributed by atoms with E-state index in [9.17, 15) is 9.90 Å². The molecular weight excluding hydrogens is 522 g/mol. The van der Waals surface area contributed by atoms with Crippen LogP contribution in [-0.2, 0) is 0 Å². The van der Waals surface area contributed by atoms with Crippen molar-refractivity contribution in [3.05, 3.63) is 132 Å². The maximum Gasteiger partial charge on any atom is 0.336 e. The minimum Gasteiger partial charge on any atom is -0.478 e. The molecule has 3 aromatic carbocycles. The molecule has 1 saturated heterocycles. The number of nitrogens with zero attached hydrogens (tertiary/aromatic N) is 2. The van der Waals surface area contributed by atoms with Crippen molar-refractivity contribution in [3.63, 3.8) is 0 Å². The van der Waals surface area contributed by atoms with Crippen LogP contribution >= 0.6 is 12.2 Å². The van der Waals surface area contributed by atoms with Gasteiger partial charge in [0.1, 0.15) is 29.1 Å². The third kappa shape index (κ3) is 4.92. The molecule has 0 saturated carbocycles. The quantitative estimate of drug-likeness (QED) is 0.205. The van der Waals surface area contributed by atoms with Crippen LogP contribution in [0, 0.1) is 6.92 Å². The van der Waals surface area contributed by atoms with E-state index in [-0.39, 0.29) is 17.6 Å². The highest BCUT2D eigenvalue weighted by atomic mass is 32.1. The first-order valence-electron chi connectivity index (χ1n) is 12.8. The molecule has 5 aromatic rings. The number of carbonyl (C=O) groups is 1. The van der Waals surface area contributed by atoms with Gasteiger partial charge in [0.25, 0.3) is 0 Å². The van der Waals surface area contributed by atoms with E-state index in [4.69, 9.17) is 21.4 Å². The van der Waals surface area contributed by atoms with Gasteiger partial charge in [-0.05, 0) is 85.9 Å². The normalized spacial score (nSPS) is 16.5. The maximum atomic E-state index is 11.8. The molecule has 3 heterocycles. The van der Waals surface area contributed by atoms with Crippen molar-refractivity contribution in [2.24, 2.45) is 0 Å². The van der Waals surface area contributed by atoms with E-state index >= 15 is 0 Å². The standard InChI is InChI=1S/C32H25N3O4S/c1-20-9-13-22(14-10-20)38-23-15-11-21(12-16-23)35-30(29(34-32(35)40)26-8-4-5-19-33-26)28-18-17-27(39-28)24-6-2-3-7-25(24)31(36)37/h2-19,29-30H,1H3,(H,34,40)(H,36,37)/t29-,30+/m1/s1. The van der Waals surface area contributed by atoms with Gasteiger partial charge >= 0.3 is 5.97 Å². The number of furan rings is 1.